The van der Waals surface area contributed by atoms with Gasteiger partial charge in [-0.15, -0.1) is 4.33 Å². The number of amides is 1. The highest BCUT2D eigenvalue weighted by molar-refractivity contribution is 7.85. The minimum Gasteiger partial charge on any atom is -0.444 e. The molecule has 0 N–H and O–H groups in total. The van der Waals surface area contributed by atoms with Crippen molar-refractivity contribution in [3.8, 4) is 0 Å². The number of hydrogen-bond acceptors (Lipinski definition) is 7. The molecule has 1 aliphatic rings. The fourth-order valence-corrected chi connectivity index (χ4v) is 1.73. The van der Waals surface area contributed by atoms with Crippen molar-refractivity contribution < 1.29 is 31.9 Å². The lowest BCUT2D eigenvalue weighted by Crippen LogP contribution is -2.48. The zero-order chi connectivity index (χ0) is 15.4. The molecule has 1 amide bonds. The van der Waals surface area contributed by atoms with E-state index in [1.807, 2.05) is 0 Å². The summed E-state index contributed by atoms with van der Waals surface area (Å²) in [7, 11) is -3.66. The van der Waals surface area contributed by atoms with Gasteiger partial charge in [-0.3, -0.25) is 0 Å². The molecule has 1 fully saturated rings. The van der Waals surface area contributed by atoms with Crippen LogP contribution >= 0.6 is 0 Å². The minimum atomic E-state index is -3.66. The Morgan fingerprint density at radius 1 is 1.40 bits per heavy atom. The molecular formula is C11H21NO7S. The van der Waals surface area contributed by atoms with Crippen LogP contribution in [0.5, 0.6) is 0 Å². The van der Waals surface area contributed by atoms with Crippen molar-refractivity contribution in [2.75, 3.05) is 32.6 Å². The Labute approximate surface area is 119 Å². The van der Waals surface area contributed by atoms with Gasteiger partial charge in [-0.25, -0.2) is 9.68 Å². The fraction of sp³-hybridized carbons (Fsp3) is 0.909. The van der Waals surface area contributed by atoms with Gasteiger partial charge in [0, 0.05) is 6.54 Å². The van der Waals surface area contributed by atoms with Crippen LogP contribution in [0.25, 0.3) is 0 Å². The Bertz CT molecular complexity index is 429. The highest BCUT2D eigenvalue weighted by Gasteiger charge is 2.28. The molecule has 0 aromatic rings. The maximum absolute atomic E-state index is 11.9. The van der Waals surface area contributed by atoms with Crippen LogP contribution in [0.3, 0.4) is 0 Å². The first-order valence-electron chi connectivity index (χ1n) is 6.17. The molecule has 8 nitrogen and oxygen atoms in total. The average molecular weight is 311 g/mol. The molecular weight excluding hydrogens is 290 g/mol. The molecule has 20 heavy (non-hydrogen) atoms. The van der Waals surface area contributed by atoms with Gasteiger partial charge in [-0.2, -0.15) is 8.42 Å². The van der Waals surface area contributed by atoms with Crippen LogP contribution in [0.15, 0.2) is 0 Å². The van der Waals surface area contributed by atoms with E-state index in [0.29, 0.717) is 13.2 Å². The van der Waals surface area contributed by atoms with Crippen molar-refractivity contribution in [3.63, 3.8) is 0 Å². The minimum absolute atomic E-state index is 0.0909. The van der Waals surface area contributed by atoms with E-state index >= 15 is 0 Å². The summed E-state index contributed by atoms with van der Waals surface area (Å²) >= 11 is 0. The summed E-state index contributed by atoms with van der Waals surface area (Å²) < 4.78 is 36.2. The highest BCUT2D eigenvalue weighted by atomic mass is 32.2. The molecule has 0 aromatic heterocycles. The summed E-state index contributed by atoms with van der Waals surface area (Å²) in [5.41, 5.74) is -0.569. The number of rotatable bonds is 4. The maximum Gasteiger partial charge on any atom is 0.410 e. The predicted octanol–water partition coefficient (Wildman–Crippen LogP) is 0.530. The van der Waals surface area contributed by atoms with Gasteiger partial charge in [0.15, 0.2) is 0 Å². The van der Waals surface area contributed by atoms with Crippen molar-refractivity contribution in [1.29, 1.82) is 0 Å². The van der Waals surface area contributed by atoms with E-state index in [4.69, 9.17) is 9.47 Å². The second-order valence-electron chi connectivity index (χ2n) is 5.48. The fourth-order valence-electron chi connectivity index (χ4n) is 1.50. The molecule has 118 valence electrons. The van der Waals surface area contributed by atoms with E-state index in [2.05, 4.69) is 9.22 Å². The SMILES string of the molecule is CC(C)(C)OC(=O)N1CCO[C@H](COOS(C)(=O)=O)C1. The normalized spacial score (nSPS) is 20.8. The smallest absolute Gasteiger partial charge is 0.410 e. The molecule has 0 spiro atoms. The number of nitrogens with zero attached hydrogens (tertiary/aromatic N) is 1. The van der Waals surface area contributed by atoms with Crippen molar-refractivity contribution in [1.82, 2.24) is 4.90 Å². The Kier molecular flexibility index (Phi) is 5.75. The van der Waals surface area contributed by atoms with Crippen LogP contribution in [-0.4, -0.2) is 63.7 Å². The first kappa shape index (κ1) is 17.2. The molecule has 1 saturated heterocycles. The molecule has 1 heterocycles. The lowest BCUT2D eigenvalue weighted by atomic mass is 10.2. The monoisotopic (exact) mass is 311 g/mol. The van der Waals surface area contributed by atoms with E-state index in [0.717, 1.165) is 6.26 Å². The summed E-state index contributed by atoms with van der Waals surface area (Å²) in [5, 5.41) is 0. The lowest BCUT2D eigenvalue weighted by molar-refractivity contribution is -0.228. The number of morpholine rings is 1. The quantitative estimate of drug-likeness (QED) is 0.552. The molecule has 0 radical (unpaired) electrons. The molecule has 0 aromatic carbocycles. The van der Waals surface area contributed by atoms with Gasteiger partial charge in [-0.1, -0.05) is 0 Å². The van der Waals surface area contributed by atoms with Crippen molar-refractivity contribution in [2.45, 2.75) is 32.5 Å². The van der Waals surface area contributed by atoms with Gasteiger partial charge in [-0.05, 0) is 20.8 Å². The molecule has 0 unspecified atom stereocenters. The van der Waals surface area contributed by atoms with E-state index in [1.165, 1.54) is 4.90 Å². The van der Waals surface area contributed by atoms with Crippen LogP contribution in [0.1, 0.15) is 20.8 Å². The largest absolute Gasteiger partial charge is 0.444 e. The van der Waals surface area contributed by atoms with Gasteiger partial charge in [0.2, 0.25) is 0 Å². The van der Waals surface area contributed by atoms with Crippen molar-refractivity contribution in [2.24, 2.45) is 0 Å². The Balaban J connectivity index is 2.40. The van der Waals surface area contributed by atoms with Crippen LogP contribution in [0.4, 0.5) is 4.79 Å². The summed E-state index contributed by atoms with van der Waals surface area (Å²) in [4.78, 5) is 17.9. The summed E-state index contributed by atoms with van der Waals surface area (Å²) in [6.07, 6.45) is -0.0188. The van der Waals surface area contributed by atoms with E-state index < -0.39 is 27.9 Å². The molecule has 1 aliphatic heterocycles. The zero-order valence-corrected chi connectivity index (χ0v) is 12.9. The first-order chi connectivity index (χ1) is 9.07. The topological polar surface area (TPSA) is 91.4 Å². The molecule has 0 aliphatic carbocycles. The Morgan fingerprint density at radius 2 is 2.05 bits per heavy atom. The first-order valence-corrected chi connectivity index (χ1v) is 7.99. The zero-order valence-electron chi connectivity index (χ0n) is 12.1. The van der Waals surface area contributed by atoms with Crippen LogP contribution < -0.4 is 0 Å². The Morgan fingerprint density at radius 3 is 2.60 bits per heavy atom. The van der Waals surface area contributed by atoms with Crippen LogP contribution in [0, 0.1) is 0 Å². The number of ether oxygens (including phenoxy) is 2. The third-order valence-corrected chi connectivity index (χ3v) is 2.56. The standard InChI is InChI=1S/C11H21NO7S/c1-11(2,3)18-10(13)12-5-6-16-9(7-12)8-17-19-20(4,14)15/h9H,5-8H2,1-4H3/t9-/m0/s1. The molecule has 0 saturated carbocycles. The van der Waals surface area contributed by atoms with Crippen LogP contribution in [0.2, 0.25) is 0 Å². The number of carbonyl (C=O) groups is 1. The summed E-state index contributed by atoms with van der Waals surface area (Å²) in [5.74, 6) is 0. The molecule has 1 atom stereocenters. The summed E-state index contributed by atoms with van der Waals surface area (Å²) in [6.45, 7) is 6.25. The second kappa shape index (κ2) is 6.70. The maximum atomic E-state index is 11.9. The van der Waals surface area contributed by atoms with Gasteiger partial charge in [0.25, 0.3) is 10.1 Å². The Hall–Kier alpha value is -0.900. The van der Waals surface area contributed by atoms with Crippen molar-refractivity contribution in [3.05, 3.63) is 0 Å². The molecule has 0 bridgehead atoms. The molecule has 9 heteroatoms. The number of carbonyl (C=O) groups excluding carboxylic acids is 1. The second-order valence-corrected chi connectivity index (χ2v) is 7.02. The third-order valence-electron chi connectivity index (χ3n) is 2.22. The van der Waals surface area contributed by atoms with Crippen LogP contribution in [-0.2, 0) is 28.8 Å². The predicted molar refractivity (Wildman–Crippen MR) is 69.4 cm³/mol. The average Bonchev–Trinajstić information content (AvgIpc) is 2.25. The van der Waals surface area contributed by atoms with Gasteiger partial charge in [0.1, 0.15) is 18.3 Å². The van der Waals surface area contributed by atoms with Crippen molar-refractivity contribution >= 4 is 16.2 Å². The van der Waals surface area contributed by atoms with Gasteiger partial charge < -0.3 is 14.4 Å². The van der Waals surface area contributed by atoms with E-state index in [9.17, 15) is 13.2 Å². The van der Waals surface area contributed by atoms with Gasteiger partial charge >= 0.3 is 6.09 Å². The highest BCUT2D eigenvalue weighted by Crippen LogP contribution is 2.13. The lowest BCUT2D eigenvalue weighted by Gasteiger charge is -2.33. The van der Waals surface area contributed by atoms with E-state index in [1.54, 1.807) is 20.8 Å². The molecule has 1 rings (SSSR count). The van der Waals surface area contributed by atoms with Gasteiger partial charge in [0.05, 0.1) is 19.4 Å². The number of hydrogen-bond donors (Lipinski definition) is 0. The third kappa shape index (κ3) is 7.04. The summed E-state index contributed by atoms with van der Waals surface area (Å²) in [6, 6.07) is 0. The van der Waals surface area contributed by atoms with E-state index in [-0.39, 0.29) is 13.2 Å².